The molecule has 0 aliphatic rings. The van der Waals surface area contributed by atoms with Crippen LogP contribution in [0.4, 0.5) is 11.4 Å². The monoisotopic (exact) mass is 308 g/mol. The quantitative estimate of drug-likeness (QED) is 0.688. The van der Waals surface area contributed by atoms with Gasteiger partial charge in [0.05, 0.1) is 16.7 Å². The van der Waals surface area contributed by atoms with E-state index < -0.39 is 4.92 Å². The van der Waals surface area contributed by atoms with Crippen LogP contribution in [0.3, 0.4) is 0 Å². The van der Waals surface area contributed by atoms with E-state index in [0.717, 1.165) is 5.56 Å². The van der Waals surface area contributed by atoms with E-state index >= 15 is 0 Å². The van der Waals surface area contributed by atoms with Crippen molar-refractivity contribution in [2.45, 2.75) is 32.9 Å². The third kappa shape index (κ3) is 3.72. The minimum atomic E-state index is -0.452. The van der Waals surface area contributed by atoms with Crippen LogP contribution in [0.2, 0.25) is 5.02 Å². The third-order valence-electron chi connectivity index (χ3n) is 2.96. The Morgan fingerprint density at radius 1 is 1.43 bits per heavy atom. The molecule has 2 aromatic rings. The number of anilines is 1. The first kappa shape index (κ1) is 15.3. The molecule has 1 heterocycles. The van der Waals surface area contributed by atoms with Crippen molar-refractivity contribution >= 4 is 23.0 Å². The van der Waals surface area contributed by atoms with Crippen LogP contribution >= 0.6 is 11.6 Å². The average molecular weight is 309 g/mol. The van der Waals surface area contributed by atoms with E-state index in [-0.39, 0.29) is 11.2 Å². The minimum Gasteiger partial charge on any atom is -0.375 e. The molecule has 0 fully saturated rings. The summed E-state index contributed by atoms with van der Waals surface area (Å²) in [7, 11) is 0. The lowest BCUT2D eigenvalue weighted by atomic mass is 10.1. The highest BCUT2D eigenvalue weighted by atomic mass is 35.5. The van der Waals surface area contributed by atoms with Crippen LogP contribution < -0.4 is 5.32 Å². The number of nitro groups is 1. The van der Waals surface area contributed by atoms with Crippen LogP contribution in [0.15, 0.2) is 30.6 Å². The Morgan fingerprint density at radius 2 is 2.14 bits per heavy atom. The van der Waals surface area contributed by atoms with Gasteiger partial charge in [0.1, 0.15) is 5.69 Å². The number of halogens is 1. The molecule has 0 saturated heterocycles. The molecule has 2 rings (SSSR count). The van der Waals surface area contributed by atoms with Gasteiger partial charge in [0, 0.05) is 29.4 Å². The van der Waals surface area contributed by atoms with Gasteiger partial charge in [0.2, 0.25) is 0 Å². The predicted octanol–water partition coefficient (Wildman–Crippen LogP) is 3.81. The van der Waals surface area contributed by atoms with Gasteiger partial charge in [-0.1, -0.05) is 11.6 Å². The van der Waals surface area contributed by atoms with Crippen LogP contribution in [0, 0.1) is 10.1 Å². The fraction of sp³-hybridized carbons (Fsp3) is 0.357. The van der Waals surface area contributed by atoms with Crippen LogP contribution in [0.25, 0.3) is 0 Å². The maximum Gasteiger partial charge on any atom is 0.293 e. The van der Waals surface area contributed by atoms with E-state index in [1.807, 2.05) is 10.9 Å². The Hall–Kier alpha value is -2.08. The largest absolute Gasteiger partial charge is 0.375 e. The first-order valence-corrected chi connectivity index (χ1v) is 6.87. The second-order valence-corrected chi connectivity index (χ2v) is 6.17. The number of nitrogens with zero attached hydrogens (tertiary/aromatic N) is 3. The Morgan fingerprint density at radius 3 is 2.71 bits per heavy atom. The van der Waals surface area contributed by atoms with Gasteiger partial charge in [-0.25, -0.2) is 0 Å². The molecule has 0 atom stereocenters. The van der Waals surface area contributed by atoms with Crippen molar-refractivity contribution < 1.29 is 4.92 Å². The highest BCUT2D eigenvalue weighted by Crippen LogP contribution is 2.28. The summed E-state index contributed by atoms with van der Waals surface area (Å²) in [6.07, 6.45) is 3.68. The van der Waals surface area contributed by atoms with E-state index in [0.29, 0.717) is 17.3 Å². The van der Waals surface area contributed by atoms with Gasteiger partial charge in [0.15, 0.2) is 0 Å². The number of hydrogen-bond acceptors (Lipinski definition) is 4. The Labute approximate surface area is 127 Å². The zero-order valence-electron chi connectivity index (χ0n) is 12.1. The Kier molecular flexibility index (Phi) is 4.18. The molecule has 0 aliphatic carbocycles. The van der Waals surface area contributed by atoms with Crippen LogP contribution in [-0.4, -0.2) is 14.7 Å². The summed E-state index contributed by atoms with van der Waals surface area (Å²) in [6.45, 7) is 6.63. The molecule has 0 saturated carbocycles. The van der Waals surface area contributed by atoms with Crippen LogP contribution in [0.5, 0.6) is 0 Å². The second kappa shape index (κ2) is 5.73. The molecule has 0 spiro atoms. The topological polar surface area (TPSA) is 73.0 Å². The number of nitro benzene ring substituents is 1. The maximum atomic E-state index is 11.0. The van der Waals surface area contributed by atoms with E-state index in [9.17, 15) is 10.1 Å². The second-order valence-electron chi connectivity index (χ2n) is 5.74. The van der Waals surface area contributed by atoms with Gasteiger partial charge >= 0.3 is 0 Å². The molecule has 0 amide bonds. The lowest BCUT2D eigenvalue weighted by Crippen LogP contribution is -2.21. The summed E-state index contributed by atoms with van der Waals surface area (Å²) < 4.78 is 1.86. The molecule has 112 valence electrons. The zero-order valence-corrected chi connectivity index (χ0v) is 12.9. The van der Waals surface area contributed by atoms with E-state index in [1.54, 1.807) is 18.3 Å². The number of nitrogens with one attached hydrogen (secondary N) is 1. The number of benzene rings is 1. The predicted molar refractivity (Wildman–Crippen MR) is 82.7 cm³/mol. The van der Waals surface area contributed by atoms with E-state index in [2.05, 4.69) is 31.2 Å². The highest BCUT2D eigenvalue weighted by molar-refractivity contribution is 6.30. The summed E-state index contributed by atoms with van der Waals surface area (Å²) in [5.41, 5.74) is 1.26. The zero-order chi connectivity index (χ0) is 15.6. The maximum absolute atomic E-state index is 11.0. The highest BCUT2D eigenvalue weighted by Gasteiger charge is 2.16. The Bertz CT molecular complexity index is 661. The van der Waals surface area contributed by atoms with Gasteiger partial charge in [-0.15, -0.1) is 0 Å². The number of rotatable bonds is 4. The summed E-state index contributed by atoms with van der Waals surface area (Å²) in [5.74, 6) is 0. The molecule has 0 unspecified atom stereocenters. The molecular weight excluding hydrogens is 292 g/mol. The summed E-state index contributed by atoms with van der Waals surface area (Å²) in [5, 5.41) is 18.7. The average Bonchev–Trinajstić information content (AvgIpc) is 2.85. The van der Waals surface area contributed by atoms with Crippen molar-refractivity contribution in [3.8, 4) is 0 Å². The van der Waals surface area contributed by atoms with Crippen molar-refractivity contribution in [2.75, 3.05) is 5.32 Å². The Balaban J connectivity index is 2.13. The first-order valence-electron chi connectivity index (χ1n) is 6.49. The molecular formula is C14H17ClN4O2. The molecule has 1 aromatic heterocycles. The standard InChI is InChI=1S/C14H17ClN4O2/c1-14(2,3)18-9-10(8-17-18)7-16-12-5-4-11(15)6-13(12)19(20)21/h4-6,8-9,16H,7H2,1-3H3. The normalized spacial score (nSPS) is 11.4. The molecule has 7 heteroatoms. The number of aromatic nitrogens is 2. The number of hydrogen-bond donors (Lipinski definition) is 1. The third-order valence-corrected chi connectivity index (χ3v) is 3.20. The SMILES string of the molecule is CC(C)(C)n1cc(CNc2ccc(Cl)cc2[N+](=O)[O-])cn1. The fourth-order valence-electron chi connectivity index (χ4n) is 1.82. The molecule has 21 heavy (non-hydrogen) atoms. The molecule has 1 aromatic carbocycles. The molecule has 6 nitrogen and oxygen atoms in total. The van der Waals surface area contributed by atoms with Gasteiger partial charge in [-0.2, -0.15) is 5.10 Å². The summed E-state index contributed by atoms with van der Waals surface area (Å²) >= 11 is 5.79. The van der Waals surface area contributed by atoms with Crippen molar-refractivity contribution in [2.24, 2.45) is 0 Å². The minimum absolute atomic E-state index is 0.0364. The lowest BCUT2D eigenvalue weighted by molar-refractivity contribution is -0.383. The van der Waals surface area contributed by atoms with Gasteiger partial charge in [-0.3, -0.25) is 14.8 Å². The van der Waals surface area contributed by atoms with Crippen molar-refractivity contribution in [1.29, 1.82) is 0 Å². The fourth-order valence-corrected chi connectivity index (χ4v) is 1.99. The van der Waals surface area contributed by atoms with Gasteiger partial charge < -0.3 is 5.32 Å². The van der Waals surface area contributed by atoms with Crippen LogP contribution in [0.1, 0.15) is 26.3 Å². The molecule has 0 bridgehead atoms. The van der Waals surface area contributed by atoms with Gasteiger partial charge in [-0.05, 0) is 32.9 Å². The summed E-state index contributed by atoms with van der Waals surface area (Å²) in [6, 6.07) is 4.56. The van der Waals surface area contributed by atoms with E-state index in [4.69, 9.17) is 11.6 Å². The molecule has 1 N–H and O–H groups in total. The van der Waals surface area contributed by atoms with Crippen molar-refractivity contribution in [3.05, 3.63) is 51.3 Å². The molecule has 0 aliphatic heterocycles. The van der Waals surface area contributed by atoms with Crippen molar-refractivity contribution in [3.63, 3.8) is 0 Å². The van der Waals surface area contributed by atoms with Crippen molar-refractivity contribution in [1.82, 2.24) is 9.78 Å². The smallest absolute Gasteiger partial charge is 0.293 e. The van der Waals surface area contributed by atoms with E-state index in [1.165, 1.54) is 6.07 Å². The molecule has 0 radical (unpaired) electrons. The summed E-state index contributed by atoms with van der Waals surface area (Å²) in [4.78, 5) is 10.6. The van der Waals surface area contributed by atoms with Crippen LogP contribution in [-0.2, 0) is 12.1 Å². The lowest BCUT2D eigenvalue weighted by Gasteiger charge is -2.18. The van der Waals surface area contributed by atoms with Gasteiger partial charge in [0.25, 0.3) is 5.69 Å². The first-order chi connectivity index (χ1) is 9.77.